The Morgan fingerprint density at radius 2 is 1.61 bits per heavy atom. The van der Waals surface area contributed by atoms with Crippen LogP contribution in [0.15, 0.2) is 90.6 Å². The zero-order chi connectivity index (χ0) is 39.8. The molecule has 3 N–H and O–H groups in total. The number of rotatable bonds is 7. The lowest BCUT2D eigenvalue weighted by Crippen LogP contribution is -2.53. The zero-order valence-electron chi connectivity index (χ0n) is 28.9. The number of pyridine rings is 1. The molecule has 56 heavy (non-hydrogen) atoms. The van der Waals surface area contributed by atoms with Gasteiger partial charge in [0.2, 0.25) is 11.8 Å². The largest absolute Gasteiger partial charge is 0.508 e. The van der Waals surface area contributed by atoms with Gasteiger partial charge in [-0.05, 0) is 84.3 Å². The van der Waals surface area contributed by atoms with E-state index in [2.05, 4.69) is 10.4 Å². The number of halogens is 6. The van der Waals surface area contributed by atoms with E-state index < -0.39 is 92.8 Å². The van der Waals surface area contributed by atoms with Gasteiger partial charge in [-0.1, -0.05) is 65.2 Å². The second-order valence-electron chi connectivity index (χ2n) is 14.4. The van der Waals surface area contributed by atoms with Crippen molar-refractivity contribution in [3.05, 3.63) is 129 Å². The predicted molar refractivity (Wildman–Crippen MR) is 193 cm³/mol. The number of nitrogens with one attached hydrogen (secondary N) is 1. The summed E-state index contributed by atoms with van der Waals surface area (Å²) >= 11 is 12.5. The first kappa shape index (κ1) is 37.5. The van der Waals surface area contributed by atoms with E-state index in [1.165, 1.54) is 35.2 Å². The lowest BCUT2D eigenvalue weighted by molar-refractivity contribution is -0.141. The number of likely N-dealkylation sites (tertiary alicyclic amines) is 1. The molecule has 4 aromatic rings. The molecule has 0 bridgehead atoms. The highest BCUT2D eigenvalue weighted by molar-refractivity contribution is 6.33. The highest BCUT2D eigenvalue weighted by Gasteiger charge is 2.70. The SMILES string of the molecule is O=C1[C@H]2[C@H](CC=C3[C@H]2C[C@H]2C(=O)N(Nc4ncc(C(F)(F)F)cc4Cl)C(=O)[C@@]2(c2ccc(Cl)cc2)[C@H]3c2ccc(O)c(F)c2)C(=O)N1CCc1ccc(O)cc1. The Labute approximate surface area is 326 Å². The molecular formula is C40H30Cl2F4N4O6. The molecule has 4 aliphatic rings. The summed E-state index contributed by atoms with van der Waals surface area (Å²) in [4.78, 5) is 63.1. The Hall–Kier alpha value is -5.47. The van der Waals surface area contributed by atoms with E-state index in [0.29, 0.717) is 39.9 Å². The molecule has 288 valence electrons. The Morgan fingerprint density at radius 1 is 0.893 bits per heavy atom. The molecule has 6 atom stereocenters. The van der Waals surface area contributed by atoms with Gasteiger partial charge in [0, 0.05) is 23.7 Å². The minimum atomic E-state index is -4.78. The van der Waals surface area contributed by atoms with Gasteiger partial charge in [-0.15, -0.1) is 0 Å². The van der Waals surface area contributed by atoms with Crippen molar-refractivity contribution in [1.82, 2.24) is 14.9 Å². The van der Waals surface area contributed by atoms with E-state index in [9.17, 15) is 37.8 Å². The summed E-state index contributed by atoms with van der Waals surface area (Å²) < 4.78 is 55.7. The average molecular weight is 810 g/mol. The van der Waals surface area contributed by atoms with Gasteiger partial charge in [0.05, 0.1) is 33.8 Å². The predicted octanol–water partition coefficient (Wildman–Crippen LogP) is 7.19. The minimum Gasteiger partial charge on any atom is -0.508 e. The summed E-state index contributed by atoms with van der Waals surface area (Å²) in [5.41, 5.74) is 1.29. The highest BCUT2D eigenvalue weighted by Crippen LogP contribution is 2.64. The lowest BCUT2D eigenvalue weighted by Gasteiger charge is -2.50. The molecule has 3 fully saturated rings. The fourth-order valence-electron chi connectivity index (χ4n) is 9.05. The maximum Gasteiger partial charge on any atom is 0.417 e. The van der Waals surface area contributed by atoms with Gasteiger partial charge in [0.1, 0.15) is 5.75 Å². The number of benzene rings is 3. The number of phenols is 2. The summed E-state index contributed by atoms with van der Waals surface area (Å²) in [6, 6.07) is 16.7. The van der Waals surface area contributed by atoms with Crippen LogP contribution in [0.2, 0.25) is 10.0 Å². The first-order chi connectivity index (χ1) is 26.6. The zero-order valence-corrected chi connectivity index (χ0v) is 30.4. The van der Waals surface area contributed by atoms with Crippen molar-refractivity contribution in [1.29, 1.82) is 0 Å². The van der Waals surface area contributed by atoms with E-state index >= 15 is 9.18 Å². The Kier molecular flexibility index (Phi) is 9.11. The molecule has 16 heteroatoms. The minimum absolute atomic E-state index is 0.0538. The van der Waals surface area contributed by atoms with Crippen LogP contribution < -0.4 is 5.43 Å². The number of allylic oxidation sites excluding steroid dienone is 2. The smallest absolute Gasteiger partial charge is 0.417 e. The third-order valence-corrected chi connectivity index (χ3v) is 12.1. The quantitative estimate of drug-likeness (QED) is 0.101. The molecule has 0 radical (unpaired) electrons. The van der Waals surface area contributed by atoms with Crippen molar-refractivity contribution in [2.24, 2.45) is 23.7 Å². The number of imide groups is 2. The van der Waals surface area contributed by atoms with Crippen molar-refractivity contribution in [3.8, 4) is 11.5 Å². The van der Waals surface area contributed by atoms with E-state index in [1.54, 1.807) is 30.3 Å². The molecule has 10 nitrogen and oxygen atoms in total. The topological polar surface area (TPSA) is 140 Å². The average Bonchev–Trinajstić information content (AvgIpc) is 3.53. The summed E-state index contributed by atoms with van der Waals surface area (Å²) in [7, 11) is 0. The molecule has 3 aromatic carbocycles. The van der Waals surface area contributed by atoms with Crippen LogP contribution in [0, 0.1) is 29.5 Å². The monoisotopic (exact) mass is 808 g/mol. The molecule has 4 amide bonds. The van der Waals surface area contributed by atoms with Crippen molar-refractivity contribution < 1.29 is 47.0 Å². The Balaban J connectivity index is 1.25. The maximum atomic E-state index is 15.3. The normalized spacial score (nSPS) is 25.9. The number of hydrogen-bond donors (Lipinski definition) is 3. The van der Waals surface area contributed by atoms with Gasteiger partial charge in [-0.25, -0.2) is 9.37 Å². The number of fused-ring (bicyclic) bond motifs is 4. The second kappa shape index (κ2) is 13.6. The standard InChI is InChI=1S/C40H30Cl2F4N4O6/c41-23-6-4-21(5-7-23)39-28(36(54)50(38(39)56)48-34-29(42)16-22(18-47-34)40(44,45)46)17-27-25(33(39)20-3-12-31(52)30(43)15-20)10-11-26-32(27)37(55)49(35(26)53)14-13-19-1-8-24(51)9-2-19/h1-10,12,15-16,18,26-28,32-33,51-52H,11,13-14,17H2,(H,47,48)/t26-,27+,28-,32-,33-,39+/m0/s1. The Morgan fingerprint density at radius 3 is 2.27 bits per heavy atom. The molecule has 8 rings (SSSR count). The van der Waals surface area contributed by atoms with Crippen LogP contribution in [0.3, 0.4) is 0 Å². The number of aromatic nitrogens is 1. The van der Waals surface area contributed by atoms with Crippen molar-refractivity contribution in [2.45, 2.75) is 36.8 Å². The molecule has 2 saturated heterocycles. The number of alkyl halides is 3. The van der Waals surface area contributed by atoms with Gasteiger partial charge >= 0.3 is 6.18 Å². The van der Waals surface area contributed by atoms with Crippen LogP contribution in [-0.2, 0) is 37.2 Å². The number of anilines is 1. The third kappa shape index (κ3) is 5.88. The molecule has 2 aliphatic carbocycles. The van der Waals surface area contributed by atoms with E-state index in [4.69, 9.17) is 23.2 Å². The van der Waals surface area contributed by atoms with E-state index in [-0.39, 0.29) is 30.7 Å². The molecule has 0 unspecified atom stereocenters. The summed E-state index contributed by atoms with van der Waals surface area (Å²) in [5.74, 6) is -9.54. The second-order valence-corrected chi connectivity index (χ2v) is 15.2. The van der Waals surface area contributed by atoms with Gasteiger partial charge in [-0.3, -0.25) is 29.5 Å². The number of aromatic hydroxyl groups is 2. The molecule has 3 heterocycles. The number of carbonyl (C=O) groups is 4. The summed E-state index contributed by atoms with van der Waals surface area (Å²) in [6.45, 7) is 0.0538. The lowest BCUT2D eigenvalue weighted by atomic mass is 9.49. The molecular weight excluding hydrogens is 779 g/mol. The van der Waals surface area contributed by atoms with Crippen molar-refractivity contribution >= 4 is 52.6 Å². The Bertz CT molecular complexity index is 2340. The summed E-state index contributed by atoms with van der Waals surface area (Å²) in [5, 5.41) is 20.3. The number of nitrogens with zero attached hydrogens (tertiary/aromatic N) is 3. The highest BCUT2D eigenvalue weighted by atomic mass is 35.5. The number of hydrogen-bond acceptors (Lipinski definition) is 8. The van der Waals surface area contributed by atoms with Gasteiger partial charge in [0.15, 0.2) is 17.4 Å². The van der Waals surface area contributed by atoms with Crippen LogP contribution >= 0.6 is 23.2 Å². The molecule has 1 aromatic heterocycles. The van der Waals surface area contributed by atoms with E-state index in [0.717, 1.165) is 17.7 Å². The van der Waals surface area contributed by atoms with Gasteiger partial charge in [0.25, 0.3) is 11.8 Å². The maximum absolute atomic E-state index is 15.3. The summed E-state index contributed by atoms with van der Waals surface area (Å²) in [6.07, 6.45) is -2.21. The first-order valence-corrected chi connectivity index (χ1v) is 18.3. The number of phenolic OH excluding ortho intramolecular Hbond substituents is 2. The first-order valence-electron chi connectivity index (χ1n) is 17.6. The number of amides is 4. The van der Waals surface area contributed by atoms with Crippen LogP contribution in [0.25, 0.3) is 0 Å². The fourth-order valence-corrected chi connectivity index (χ4v) is 9.38. The third-order valence-electron chi connectivity index (χ3n) is 11.5. The fraction of sp³-hybridized carbons (Fsp3) is 0.275. The van der Waals surface area contributed by atoms with Gasteiger partial charge < -0.3 is 10.2 Å². The number of carbonyl (C=O) groups excluding carboxylic acids is 4. The van der Waals surface area contributed by atoms with Crippen LogP contribution in [-0.4, -0.2) is 55.3 Å². The van der Waals surface area contributed by atoms with E-state index in [1.807, 2.05) is 0 Å². The van der Waals surface area contributed by atoms with Crippen molar-refractivity contribution in [2.75, 3.05) is 12.0 Å². The van der Waals surface area contributed by atoms with Crippen molar-refractivity contribution in [3.63, 3.8) is 0 Å². The number of hydrazine groups is 1. The van der Waals surface area contributed by atoms with Crippen LogP contribution in [0.1, 0.15) is 41.0 Å². The molecule has 1 saturated carbocycles. The van der Waals surface area contributed by atoms with Crippen LogP contribution in [0.5, 0.6) is 11.5 Å². The van der Waals surface area contributed by atoms with Gasteiger partial charge in [-0.2, -0.15) is 18.2 Å². The molecule has 0 spiro atoms. The molecule has 2 aliphatic heterocycles. The van der Waals surface area contributed by atoms with Crippen LogP contribution in [0.4, 0.5) is 23.4 Å².